The Kier molecular flexibility index (Phi) is 11.2. The number of carbonyl (C=O) groups excluding carboxylic acids is 1. The van der Waals surface area contributed by atoms with E-state index in [2.05, 4.69) is 25.3 Å². The van der Waals surface area contributed by atoms with Gasteiger partial charge in [0.05, 0.1) is 11.4 Å². The molecule has 18 heteroatoms. The van der Waals surface area contributed by atoms with Gasteiger partial charge in [0, 0.05) is 11.1 Å². The number of rotatable bonds is 10. The number of benzene rings is 6. The number of anilines is 2. The lowest BCUT2D eigenvalue weighted by Gasteiger charge is -2.12. The van der Waals surface area contributed by atoms with Gasteiger partial charge in [-0.15, -0.1) is 10.2 Å². The van der Waals surface area contributed by atoms with Gasteiger partial charge in [-0.05, 0) is 88.1 Å². The molecular weight excluding hydrogens is 775 g/mol. The number of hydrogen-bond acceptors (Lipinski definition) is 8. The number of nitrogens with two attached hydrogens (primary N) is 1. The van der Waals surface area contributed by atoms with Crippen LogP contribution in [0.15, 0.2) is 143 Å². The molecule has 0 saturated heterocycles. The van der Waals surface area contributed by atoms with Crippen LogP contribution >= 0.6 is 0 Å². The van der Waals surface area contributed by atoms with Crippen molar-refractivity contribution >= 4 is 37.3 Å². The smallest absolute Gasteiger partial charge is 0.264 e. The average Bonchev–Trinajstić information content (AvgIpc) is 3.73. The molecule has 0 saturated carbocycles. The first-order valence-electron chi connectivity index (χ1n) is 16.1. The number of halogens is 4. The third kappa shape index (κ3) is 8.88. The summed E-state index contributed by atoms with van der Waals surface area (Å²) in [6.45, 7) is 0. The van der Waals surface area contributed by atoms with Gasteiger partial charge in [-0.3, -0.25) is 14.2 Å². The minimum atomic E-state index is -4.49. The SMILES string of the molecule is NC(=O)c1ccc(F)c(S(=O)(=O)Nc2cc(-c3ccccc3)ccc2F)c1.O=S(=O)(Nc1cc(-c2ccccc2)ccc1F)c1cc(-c2nn[nH]n2)ccc1F. The largest absolute Gasteiger partial charge is 0.366 e. The minimum Gasteiger partial charge on any atom is -0.366 e. The summed E-state index contributed by atoms with van der Waals surface area (Å²) in [7, 11) is -8.92. The summed E-state index contributed by atoms with van der Waals surface area (Å²) in [6, 6.07) is 31.9. The van der Waals surface area contributed by atoms with Crippen molar-refractivity contribution in [3.63, 3.8) is 0 Å². The van der Waals surface area contributed by atoms with Crippen LogP contribution < -0.4 is 15.2 Å². The van der Waals surface area contributed by atoms with Gasteiger partial charge in [0.15, 0.2) is 0 Å². The summed E-state index contributed by atoms with van der Waals surface area (Å²) >= 11 is 0. The van der Waals surface area contributed by atoms with Gasteiger partial charge in [0.25, 0.3) is 20.0 Å². The molecule has 6 aromatic carbocycles. The number of nitrogens with one attached hydrogen (secondary N) is 3. The molecule has 0 aliphatic heterocycles. The van der Waals surface area contributed by atoms with Gasteiger partial charge in [-0.25, -0.2) is 34.4 Å². The van der Waals surface area contributed by atoms with Crippen molar-refractivity contribution < 1.29 is 39.2 Å². The Labute approximate surface area is 317 Å². The molecule has 1 amide bonds. The van der Waals surface area contributed by atoms with Crippen LogP contribution in [-0.4, -0.2) is 43.4 Å². The number of amides is 1. The molecule has 5 N–H and O–H groups in total. The summed E-state index contributed by atoms with van der Waals surface area (Å²) in [5.41, 5.74) is 7.21. The van der Waals surface area contributed by atoms with Gasteiger partial charge in [-0.2, -0.15) is 5.21 Å². The number of tetrazole rings is 1. The Morgan fingerprint density at radius 3 is 1.45 bits per heavy atom. The number of hydrogen-bond donors (Lipinski definition) is 4. The number of nitrogens with zero attached hydrogens (tertiary/aromatic N) is 3. The standard InChI is InChI=1S/C19H13F2N5O2S.C19H14F2N2O3S/c20-15-8-6-13(12-4-2-1-3-5-12)10-17(15)24-29(27,28)18-11-14(7-9-16(18)21)19-22-25-26-23-19;20-15-8-6-13(12-4-2-1-3-5-12)10-17(15)23-27(25,26)18-11-14(19(22)24)7-9-16(18)21/h1-11,24H,(H,22,23,25,26);1-11,23H,(H2,22,24). The van der Waals surface area contributed by atoms with Crippen LogP contribution in [0, 0.1) is 23.3 Å². The van der Waals surface area contributed by atoms with Crippen LogP contribution in [0.1, 0.15) is 10.4 Å². The summed E-state index contributed by atoms with van der Waals surface area (Å²) < 4.78 is 111. The first-order chi connectivity index (χ1) is 26.7. The molecule has 1 heterocycles. The Bertz CT molecular complexity index is 2760. The van der Waals surface area contributed by atoms with Crippen molar-refractivity contribution in [3.8, 4) is 33.6 Å². The molecule has 0 fully saturated rings. The van der Waals surface area contributed by atoms with Crippen molar-refractivity contribution in [2.45, 2.75) is 9.79 Å². The topological polar surface area (TPSA) is 190 Å². The van der Waals surface area contributed by atoms with E-state index in [9.17, 15) is 39.2 Å². The lowest BCUT2D eigenvalue weighted by atomic mass is 10.1. The molecule has 56 heavy (non-hydrogen) atoms. The second-order valence-electron chi connectivity index (χ2n) is 11.7. The van der Waals surface area contributed by atoms with Crippen LogP contribution in [0.4, 0.5) is 28.9 Å². The Balaban J connectivity index is 0.000000190. The minimum absolute atomic E-state index is 0.0960. The van der Waals surface area contributed by atoms with E-state index in [0.29, 0.717) is 11.1 Å². The van der Waals surface area contributed by atoms with Crippen molar-refractivity contribution in [1.82, 2.24) is 20.6 Å². The first-order valence-corrected chi connectivity index (χ1v) is 19.1. The van der Waals surface area contributed by atoms with Crippen molar-refractivity contribution in [2.75, 3.05) is 9.44 Å². The number of H-pyrrole nitrogens is 1. The van der Waals surface area contributed by atoms with Gasteiger partial charge in [-0.1, -0.05) is 72.8 Å². The van der Waals surface area contributed by atoms with E-state index in [1.54, 1.807) is 48.5 Å². The fraction of sp³-hybridized carbons (Fsp3) is 0. The maximum Gasteiger partial charge on any atom is 0.264 e. The summed E-state index contributed by atoms with van der Waals surface area (Å²) in [4.78, 5) is 9.76. The number of aromatic nitrogens is 4. The zero-order chi connectivity index (χ0) is 40.0. The van der Waals surface area contributed by atoms with Gasteiger partial charge in [0.1, 0.15) is 33.1 Å². The highest BCUT2D eigenvalue weighted by Gasteiger charge is 2.24. The number of aromatic amines is 1. The van der Waals surface area contributed by atoms with Crippen molar-refractivity contribution in [3.05, 3.63) is 162 Å². The summed E-state index contributed by atoms with van der Waals surface area (Å²) in [5, 5.41) is 13.1. The van der Waals surface area contributed by atoms with Crippen molar-refractivity contribution in [1.29, 1.82) is 0 Å². The Hall–Kier alpha value is -6.92. The quantitative estimate of drug-likeness (QED) is 0.105. The van der Waals surface area contributed by atoms with Crippen LogP contribution in [0.25, 0.3) is 33.6 Å². The van der Waals surface area contributed by atoms with E-state index < -0.39 is 59.0 Å². The van der Waals surface area contributed by atoms with Crippen LogP contribution in [0.3, 0.4) is 0 Å². The molecule has 0 spiro atoms. The third-order valence-corrected chi connectivity index (χ3v) is 10.7. The maximum absolute atomic E-state index is 14.3. The highest BCUT2D eigenvalue weighted by molar-refractivity contribution is 7.93. The fourth-order valence-corrected chi connectivity index (χ4v) is 7.55. The predicted octanol–water partition coefficient (Wildman–Crippen LogP) is 7.14. The molecule has 0 radical (unpaired) electrons. The zero-order valence-electron chi connectivity index (χ0n) is 28.5. The zero-order valence-corrected chi connectivity index (χ0v) is 30.1. The summed E-state index contributed by atoms with van der Waals surface area (Å²) in [5.74, 6) is -4.52. The molecule has 0 aliphatic rings. The molecule has 7 aromatic rings. The molecule has 0 aliphatic carbocycles. The summed E-state index contributed by atoms with van der Waals surface area (Å²) in [6.07, 6.45) is 0. The van der Waals surface area contributed by atoms with Gasteiger partial charge < -0.3 is 5.73 Å². The van der Waals surface area contributed by atoms with Crippen LogP contribution in [0.2, 0.25) is 0 Å². The second-order valence-corrected chi connectivity index (χ2v) is 15.0. The van der Waals surface area contributed by atoms with Gasteiger partial charge >= 0.3 is 0 Å². The molecule has 0 unspecified atom stereocenters. The van der Waals surface area contributed by atoms with E-state index in [4.69, 9.17) is 5.73 Å². The van der Waals surface area contributed by atoms with E-state index in [-0.39, 0.29) is 28.3 Å². The van der Waals surface area contributed by atoms with E-state index >= 15 is 0 Å². The number of sulfonamides is 2. The molecule has 1 aromatic heterocycles. The second kappa shape index (κ2) is 16.2. The highest BCUT2D eigenvalue weighted by Crippen LogP contribution is 2.30. The van der Waals surface area contributed by atoms with Crippen LogP contribution in [-0.2, 0) is 20.0 Å². The average molecular weight is 802 g/mol. The molecule has 284 valence electrons. The van der Waals surface area contributed by atoms with E-state index in [0.717, 1.165) is 53.6 Å². The van der Waals surface area contributed by atoms with E-state index in [1.165, 1.54) is 30.3 Å². The highest BCUT2D eigenvalue weighted by atomic mass is 32.2. The number of carbonyl (C=O) groups is 1. The first kappa shape index (κ1) is 38.8. The maximum atomic E-state index is 14.3. The third-order valence-electron chi connectivity index (χ3n) is 7.97. The Morgan fingerprint density at radius 1 is 0.536 bits per heavy atom. The molecule has 0 bridgehead atoms. The van der Waals surface area contributed by atoms with Gasteiger partial charge in [0.2, 0.25) is 11.7 Å². The normalized spacial score (nSPS) is 11.3. The lowest BCUT2D eigenvalue weighted by molar-refractivity contribution is 0.1000. The molecule has 12 nitrogen and oxygen atoms in total. The molecule has 0 atom stereocenters. The van der Waals surface area contributed by atoms with Crippen LogP contribution in [0.5, 0.6) is 0 Å². The number of primary amides is 1. The molecule has 7 rings (SSSR count). The molecular formula is C38H27F4N7O5S2. The Morgan fingerprint density at radius 2 is 0.982 bits per heavy atom. The predicted molar refractivity (Wildman–Crippen MR) is 200 cm³/mol. The fourth-order valence-electron chi connectivity index (χ4n) is 5.22. The van der Waals surface area contributed by atoms with Crippen molar-refractivity contribution in [2.24, 2.45) is 5.73 Å². The van der Waals surface area contributed by atoms with E-state index in [1.807, 2.05) is 16.9 Å². The lowest BCUT2D eigenvalue weighted by Crippen LogP contribution is -2.18. The monoisotopic (exact) mass is 801 g/mol.